The highest BCUT2D eigenvalue weighted by Gasteiger charge is 2.21. The fourth-order valence-electron chi connectivity index (χ4n) is 2.55. The van der Waals surface area contributed by atoms with E-state index in [4.69, 9.17) is 15.5 Å². The second-order valence-corrected chi connectivity index (χ2v) is 9.09. The number of carbonyl (C=O) groups is 2. The molecule has 10 nitrogen and oxygen atoms in total. The summed E-state index contributed by atoms with van der Waals surface area (Å²) >= 11 is 0.957. The molecule has 0 aliphatic rings. The number of hydrogen-bond acceptors (Lipinski definition) is 8. The van der Waals surface area contributed by atoms with Gasteiger partial charge in [-0.05, 0) is 20.3 Å². The van der Waals surface area contributed by atoms with Crippen molar-refractivity contribution in [1.29, 1.82) is 0 Å². The van der Waals surface area contributed by atoms with Crippen LogP contribution < -0.4 is 5.73 Å². The molecule has 1 aromatic rings. The summed E-state index contributed by atoms with van der Waals surface area (Å²) in [5.74, 6) is 0.549. The molecule has 0 spiro atoms. The maximum atomic E-state index is 12.6. The average molecular weight is 460 g/mol. The lowest BCUT2D eigenvalue weighted by atomic mass is 10.1. The van der Waals surface area contributed by atoms with Gasteiger partial charge in [-0.3, -0.25) is 14.1 Å². The van der Waals surface area contributed by atoms with Gasteiger partial charge in [0.15, 0.2) is 5.12 Å². The number of nitrogen functional groups attached to an aromatic ring is 1. The normalized spacial score (nSPS) is 13.5. The maximum Gasteiger partial charge on any atom is 0.469 e. The molecule has 1 amide bonds. The third-order valence-corrected chi connectivity index (χ3v) is 6.13. The Morgan fingerprint density at radius 1 is 1.47 bits per heavy atom. The summed E-state index contributed by atoms with van der Waals surface area (Å²) in [6.07, 6.45) is 3.74. The van der Waals surface area contributed by atoms with Gasteiger partial charge in [-0.1, -0.05) is 32.0 Å². The fraction of sp³-hybridized carbons (Fsp3) is 0.556. The Morgan fingerprint density at radius 3 is 2.67 bits per heavy atom. The van der Waals surface area contributed by atoms with Crippen LogP contribution >= 0.6 is 19.6 Å². The predicted octanol–water partition coefficient (Wildman–Crippen LogP) is 2.75. The van der Waals surface area contributed by atoms with Crippen LogP contribution in [0.25, 0.3) is 0 Å². The summed E-state index contributed by atoms with van der Waals surface area (Å²) in [6.45, 7) is 6.93. The van der Waals surface area contributed by atoms with E-state index in [9.17, 15) is 14.2 Å². The number of rotatable bonds is 12. The molecule has 168 valence electrons. The van der Waals surface area contributed by atoms with Crippen LogP contribution in [-0.2, 0) is 25.2 Å². The Balaban J connectivity index is 3.13. The molecule has 1 atom stereocenters. The number of hydrogen-bond donors (Lipinski definition) is 3. The molecular weight excluding hydrogens is 431 g/mol. The molecule has 12 heteroatoms. The number of nitrogens with two attached hydrogens (primary N) is 1. The van der Waals surface area contributed by atoms with Crippen LogP contribution in [-0.4, -0.2) is 42.8 Å². The number of thioether (sulfide) groups is 1. The van der Waals surface area contributed by atoms with Crippen molar-refractivity contribution in [3.05, 3.63) is 28.2 Å². The highest BCUT2D eigenvalue weighted by Crippen LogP contribution is 2.37. The monoisotopic (exact) mass is 460 g/mol. The first-order valence-corrected chi connectivity index (χ1v) is 11.7. The first-order chi connectivity index (χ1) is 14.0. The minimum absolute atomic E-state index is 0.0520. The topological polar surface area (TPSA) is 156 Å². The molecule has 1 rings (SSSR count). The first kappa shape index (κ1) is 26.3. The van der Waals surface area contributed by atoms with Crippen LogP contribution in [0.5, 0.6) is 0 Å². The summed E-state index contributed by atoms with van der Waals surface area (Å²) in [7, 11) is -4.65. The number of phosphoric acid groups is 1. The van der Waals surface area contributed by atoms with Gasteiger partial charge in [0.1, 0.15) is 11.6 Å². The highest BCUT2D eigenvalue weighted by atomic mass is 32.2. The van der Waals surface area contributed by atoms with Crippen molar-refractivity contribution in [1.82, 2.24) is 14.9 Å². The Labute approximate surface area is 180 Å². The van der Waals surface area contributed by atoms with Crippen LogP contribution in [0, 0.1) is 12.8 Å². The smallest absolute Gasteiger partial charge is 0.383 e. The van der Waals surface area contributed by atoms with E-state index in [1.54, 1.807) is 13.8 Å². The number of aromatic nitrogens is 2. The number of phosphoric ester groups is 1. The Morgan fingerprint density at radius 2 is 2.13 bits per heavy atom. The lowest BCUT2D eigenvalue weighted by Gasteiger charge is -2.22. The molecule has 0 bridgehead atoms. The van der Waals surface area contributed by atoms with Crippen molar-refractivity contribution in [2.45, 2.75) is 53.5 Å². The second kappa shape index (κ2) is 12.2. The zero-order valence-electron chi connectivity index (χ0n) is 17.6. The predicted molar refractivity (Wildman–Crippen MR) is 115 cm³/mol. The van der Waals surface area contributed by atoms with Gasteiger partial charge in [-0.15, -0.1) is 0 Å². The molecule has 1 heterocycles. The van der Waals surface area contributed by atoms with E-state index in [0.29, 0.717) is 34.8 Å². The summed E-state index contributed by atoms with van der Waals surface area (Å²) in [5.41, 5.74) is 6.90. The van der Waals surface area contributed by atoms with Crippen molar-refractivity contribution in [2.75, 3.05) is 12.3 Å². The number of carbonyl (C=O) groups excluding carboxylic acids is 2. The van der Waals surface area contributed by atoms with Gasteiger partial charge < -0.3 is 20.4 Å². The number of allylic oxidation sites excluding steroid dienone is 1. The minimum Gasteiger partial charge on any atom is -0.383 e. The lowest BCUT2D eigenvalue weighted by molar-refractivity contribution is -0.117. The van der Waals surface area contributed by atoms with E-state index in [1.165, 1.54) is 11.1 Å². The number of amides is 1. The van der Waals surface area contributed by atoms with Gasteiger partial charge in [-0.2, -0.15) is 0 Å². The van der Waals surface area contributed by atoms with Gasteiger partial charge in [0, 0.05) is 34.7 Å². The van der Waals surface area contributed by atoms with Gasteiger partial charge in [0.25, 0.3) is 0 Å². The van der Waals surface area contributed by atoms with E-state index >= 15 is 0 Å². The Bertz CT molecular complexity index is 829. The minimum atomic E-state index is -4.65. The molecule has 0 aliphatic heterocycles. The van der Waals surface area contributed by atoms with E-state index < -0.39 is 7.82 Å². The van der Waals surface area contributed by atoms with Gasteiger partial charge in [-0.25, -0.2) is 14.5 Å². The van der Waals surface area contributed by atoms with Crippen molar-refractivity contribution in [3.63, 3.8) is 0 Å². The van der Waals surface area contributed by atoms with Crippen LogP contribution in [0.15, 0.2) is 16.8 Å². The van der Waals surface area contributed by atoms with Crippen molar-refractivity contribution in [3.8, 4) is 0 Å². The number of anilines is 1. The SMILES string of the molecule is CCCC(C)C(=O)SC(CCOP(=O)(O)O)=C(C)N(C=O)Cc1cnc(C)nc1N. The van der Waals surface area contributed by atoms with Crippen molar-refractivity contribution in [2.24, 2.45) is 5.92 Å². The summed E-state index contributed by atoms with van der Waals surface area (Å²) in [6, 6.07) is 0. The summed E-state index contributed by atoms with van der Waals surface area (Å²) in [4.78, 5) is 52.1. The Hall–Kier alpha value is -1.78. The first-order valence-electron chi connectivity index (χ1n) is 9.39. The third-order valence-electron chi connectivity index (χ3n) is 4.26. The summed E-state index contributed by atoms with van der Waals surface area (Å²) in [5, 5.41) is -0.0913. The Kier molecular flexibility index (Phi) is 10.6. The molecule has 0 aliphatic carbocycles. The van der Waals surface area contributed by atoms with Gasteiger partial charge in [0.2, 0.25) is 6.41 Å². The van der Waals surface area contributed by atoms with Crippen LogP contribution in [0.1, 0.15) is 51.4 Å². The van der Waals surface area contributed by atoms with Crippen molar-refractivity contribution >= 4 is 36.9 Å². The molecule has 0 aromatic carbocycles. The van der Waals surface area contributed by atoms with E-state index in [0.717, 1.165) is 18.2 Å². The van der Waals surface area contributed by atoms with Crippen LogP contribution in [0.3, 0.4) is 0 Å². The van der Waals surface area contributed by atoms with E-state index in [2.05, 4.69) is 14.5 Å². The number of aryl methyl sites for hydroxylation is 1. The molecule has 0 saturated carbocycles. The zero-order chi connectivity index (χ0) is 22.9. The second-order valence-electron chi connectivity index (χ2n) is 6.75. The molecule has 1 aromatic heterocycles. The van der Waals surface area contributed by atoms with E-state index in [-0.39, 0.29) is 36.4 Å². The largest absolute Gasteiger partial charge is 0.469 e. The quantitative estimate of drug-likeness (QED) is 0.313. The number of nitrogens with zero attached hydrogens (tertiary/aromatic N) is 3. The molecule has 30 heavy (non-hydrogen) atoms. The summed E-state index contributed by atoms with van der Waals surface area (Å²) < 4.78 is 15.5. The third kappa shape index (κ3) is 8.93. The fourth-order valence-corrected chi connectivity index (χ4v) is 3.89. The standard InChI is InChI=1S/C18H29N4O6PS/c1-5-6-12(2)18(24)30-16(7-8-28-29(25,26)27)13(3)22(11-23)10-15-9-20-14(4)21-17(15)19/h9,11-12H,5-8,10H2,1-4H3,(H2,19,20,21)(H2,25,26,27). The molecular formula is C18H29N4O6PS. The van der Waals surface area contributed by atoms with Gasteiger partial charge in [0.05, 0.1) is 13.2 Å². The lowest BCUT2D eigenvalue weighted by Crippen LogP contribution is -2.22. The zero-order valence-corrected chi connectivity index (χ0v) is 19.3. The molecule has 0 radical (unpaired) electrons. The molecule has 4 N–H and O–H groups in total. The van der Waals surface area contributed by atoms with Crippen LogP contribution in [0.4, 0.5) is 5.82 Å². The van der Waals surface area contributed by atoms with Crippen LogP contribution in [0.2, 0.25) is 0 Å². The van der Waals surface area contributed by atoms with Crippen molar-refractivity contribution < 1.29 is 28.5 Å². The van der Waals surface area contributed by atoms with E-state index in [1.807, 2.05) is 13.8 Å². The maximum absolute atomic E-state index is 12.6. The highest BCUT2D eigenvalue weighted by molar-refractivity contribution is 8.17. The average Bonchev–Trinajstić information content (AvgIpc) is 2.65. The molecule has 0 saturated heterocycles. The molecule has 1 unspecified atom stereocenters. The molecule has 0 fully saturated rings. The van der Waals surface area contributed by atoms with Gasteiger partial charge >= 0.3 is 7.82 Å².